The van der Waals surface area contributed by atoms with Crippen LogP contribution in [0, 0.1) is 34.5 Å². The van der Waals surface area contributed by atoms with E-state index < -0.39 is 5.97 Å². The van der Waals surface area contributed by atoms with E-state index >= 15 is 0 Å². The predicted molar refractivity (Wildman–Crippen MR) is 103 cm³/mol. The second-order valence-electron chi connectivity index (χ2n) is 10.4. The van der Waals surface area contributed by atoms with E-state index in [9.17, 15) is 9.59 Å². The number of carboxylic acid groups (broad SMARTS) is 1. The predicted octanol–water partition coefficient (Wildman–Crippen LogP) is 5.20. The van der Waals surface area contributed by atoms with E-state index in [1.54, 1.807) is 0 Å². The lowest BCUT2D eigenvalue weighted by atomic mass is 9.45. The van der Waals surface area contributed by atoms with Gasteiger partial charge in [0, 0.05) is 5.41 Å². The maximum atomic E-state index is 12.2. The molecule has 1 N–H and O–H groups in total. The van der Waals surface area contributed by atoms with Crippen LogP contribution in [0.2, 0.25) is 0 Å². The maximum absolute atomic E-state index is 12.2. The van der Waals surface area contributed by atoms with Gasteiger partial charge in [-0.25, -0.2) is 0 Å². The van der Waals surface area contributed by atoms with Crippen molar-refractivity contribution < 1.29 is 19.4 Å². The molecule has 4 heteroatoms. The van der Waals surface area contributed by atoms with Crippen molar-refractivity contribution in [1.82, 2.24) is 0 Å². The Hall–Kier alpha value is -1.06. The molecule has 27 heavy (non-hydrogen) atoms. The topological polar surface area (TPSA) is 63.6 Å². The summed E-state index contributed by atoms with van der Waals surface area (Å²) in [5, 5.41) is 8.80. The summed E-state index contributed by atoms with van der Waals surface area (Å²) >= 11 is 0. The van der Waals surface area contributed by atoms with Crippen LogP contribution in [0.5, 0.6) is 0 Å². The number of ether oxygens (including phenoxy) is 1. The molecule has 4 saturated carbocycles. The van der Waals surface area contributed by atoms with Gasteiger partial charge in [0.1, 0.15) is 6.10 Å². The highest BCUT2D eigenvalue weighted by atomic mass is 16.5. The molecule has 0 amide bonds. The van der Waals surface area contributed by atoms with E-state index in [4.69, 9.17) is 9.84 Å². The molecule has 4 rings (SSSR count). The van der Waals surface area contributed by atoms with Gasteiger partial charge in [-0.3, -0.25) is 9.59 Å². The van der Waals surface area contributed by atoms with E-state index in [1.165, 1.54) is 51.4 Å². The van der Waals surface area contributed by atoms with Gasteiger partial charge in [0.05, 0.1) is 12.8 Å². The van der Waals surface area contributed by atoms with Crippen molar-refractivity contribution >= 4 is 11.9 Å². The average molecular weight is 377 g/mol. The Bertz CT molecular complexity index is 601. The summed E-state index contributed by atoms with van der Waals surface area (Å²) in [6.07, 6.45) is 12.9. The van der Waals surface area contributed by atoms with Crippen LogP contribution in [-0.2, 0) is 14.3 Å². The summed E-state index contributed by atoms with van der Waals surface area (Å²) in [4.78, 5) is 22.9. The Kier molecular flexibility index (Phi) is 5.05. The molecule has 4 fully saturated rings. The number of hydrogen-bond donors (Lipinski definition) is 1. The van der Waals surface area contributed by atoms with Crippen molar-refractivity contribution in [2.75, 3.05) is 0 Å². The van der Waals surface area contributed by atoms with Crippen LogP contribution in [0.15, 0.2) is 0 Å². The summed E-state index contributed by atoms with van der Waals surface area (Å²) in [6.45, 7) is 4.94. The number of carbonyl (C=O) groups is 2. The number of hydrogen-bond acceptors (Lipinski definition) is 3. The van der Waals surface area contributed by atoms with Crippen molar-refractivity contribution in [2.45, 2.75) is 97.0 Å². The third-order valence-corrected chi connectivity index (χ3v) is 9.31. The molecule has 0 bridgehead atoms. The minimum Gasteiger partial charge on any atom is -0.481 e. The maximum Gasteiger partial charge on any atom is 0.306 e. The fourth-order valence-corrected chi connectivity index (χ4v) is 7.87. The van der Waals surface area contributed by atoms with Gasteiger partial charge in [0.15, 0.2) is 0 Å². The van der Waals surface area contributed by atoms with Crippen LogP contribution in [0.3, 0.4) is 0 Å². The lowest BCUT2D eigenvalue weighted by molar-refractivity contribution is -0.164. The fraction of sp³-hybridized carbons (Fsp3) is 0.913. The largest absolute Gasteiger partial charge is 0.481 e. The molecular formula is C23H36O4. The van der Waals surface area contributed by atoms with Crippen molar-refractivity contribution in [1.29, 1.82) is 0 Å². The lowest BCUT2D eigenvalue weighted by Gasteiger charge is -2.60. The molecule has 0 aliphatic heterocycles. The zero-order chi connectivity index (χ0) is 19.2. The van der Waals surface area contributed by atoms with Crippen LogP contribution in [0.1, 0.15) is 90.9 Å². The molecule has 0 saturated heterocycles. The quantitative estimate of drug-likeness (QED) is 0.685. The van der Waals surface area contributed by atoms with Crippen molar-refractivity contribution in [3.05, 3.63) is 0 Å². The van der Waals surface area contributed by atoms with E-state index in [0.29, 0.717) is 11.3 Å². The first-order chi connectivity index (χ1) is 12.8. The summed E-state index contributed by atoms with van der Waals surface area (Å²) < 4.78 is 5.84. The Labute approximate surface area is 163 Å². The van der Waals surface area contributed by atoms with Crippen molar-refractivity contribution in [3.63, 3.8) is 0 Å². The average Bonchev–Trinajstić information content (AvgIpc) is 2.96. The molecule has 0 aromatic heterocycles. The SMILES string of the molecule is CC12CCCCC1CCC1C2CCC2(C)C(OC(=O)CCC(=O)O)CCC12. The summed E-state index contributed by atoms with van der Waals surface area (Å²) in [6, 6.07) is 0. The molecule has 4 nitrogen and oxygen atoms in total. The van der Waals surface area contributed by atoms with Gasteiger partial charge in [-0.15, -0.1) is 0 Å². The van der Waals surface area contributed by atoms with Crippen molar-refractivity contribution in [2.24, 2.45) is 34.5 Å². The van der Waals surface area contributed by atoms with Crippen LogP contribution in [0.4, 0.5) is 0 Å². The van der Waals surface area contributed by atoms with Gasteiger partial charge in [-0.2, -0.15) is 0 Å². The highest BCUT2D eigenvalue weighted by Gasteiger charge is 2.60. The molecule has 0 spiro atoms. The second kappa shape index (κ2) is 7.08. The Morgan fingerprint density at radius 2 is 1.67 bits per heavy atom. The van der Waals surface area contributed by atoms with Crippen LogP contribution in [-0.4, -0.2) is 23.1 Å². The number of fused-ring (bicyclic) bond motifs is 5. The van der Waals surface area contributed by atoms with Crippen LogP contribution < -0.4 is 0 Å². The minimum absolute atomic E-state index is 0.00160. The number of rotatable bonds is 4. The summed E-state index contributed by atoms with van der Waals surface area (Å²) in [5.74, 6) is 2.01. The molecule has 0 aromatic carbocycles. The molecule has 0 aromatic rings. The van der Waals surface area contributed by atoms with E-state index in [-0.39, 0.29) is 30.3 Å². The molecule has 4 aliphatic rings. The zero-order valence-electron chi connectivity index (χ0n) is 17.0. The van der Waals surface area contributed by atoms with Gasteiger partial charge in [0.25, 0.3) is 0 Å². The molecule has 7 atom stereocenters. The number of carbonyl (C=O) groups excluding carboxylic acids is 1. The highest BCUT2D eigenvalue weighted by Crippen LogP contribution is 2.66. The normalized spacial score (nSPS) is 46.1. The highest BCUT2D eigenvalue weighted by molar-refractivity contribution is 5.76. The first-order valence-corrected chi connectivity index (χ1v) is 11.3. The van der Waals surface area contributed by atoms with Crippen molar-refractivity contribution in [3.8, 4) is 0 Å². The third-order valence-electron chi connectivity index (χ3n) is 9.31. The van der Waals surface area contributed by atoms with E-state index in [2.05, 4.69) is 13.8 Å². The van der Waals surface area contributed by atoms with Gasteiger partial charge in [0.2, 0.25) is 0 Å². The monoisotopic (exact) mass is 376 g/mol. The molecule has 0 heterocycles. The Morgan fingerprint density at radius 3 is 2.44 bits per heavy atom. The minimum atomic E-state index is -0.930. The van der Waals surface area contributed by atoms with Gasteiger partial charge >= 0.3 is 11.9 Å². The first kappa shape index (κ1) is 19.3. The summed E-state index contributed by atoms with van der Waals surface area (Å²) in [5.41, 5.74) is 0.636. The lowest BCUT2D eigenvalue weighted by Crippen LogP contribution is -2.53. The summed E-state index contributed by atoms with van der Waals surface area (Å²) in [7, 11) is 0. The third kappa shape index (κ3) is 3.21. The van der Waals surface area contributed by atoms with E-state index in [0.717, 1.165) is 30.6 Å². The van der Waals surface area contributed by atoms with Crippen LogP contribution in [0.25, 0.3) is 0 Å². The number of carboxylic acids is 1. The number of esters is 1. The number of aliphatic carboxylic acids is 1. The van der Waals surface area contributed by atoms with Gasteiger partial charge < -0.3 is 9.84 Å². The van der Waals surface area contributed by atoms with Gasteiger partial charge in [-0.1, -0.05) is 26.7 Å². The molecule has 7 unspecified atom stereocenters. The molecular weight excluding hydrogens is 340 g/mol. The molecule has 4 aliphatic carbocycles. The second-order valence-corrected chi connectivity index (χ2v) is 10.4. The van der Waals surface area contributed by atoms with Crippen LogP contribution >= 0.6 is 0 Å². The smallest absolute Gasteiger partial charge is 0.306 e. The van der Waals surface area contributed by atoms with E-state index in [1.807, 2.05) is 0 Å². The zero-order valence-corrected chi connectivity index (χ0v) is 17.0. The Morgan fingerprint density at radius 1 is 0.889 bits per heavy atom. The Balaban J connectivity index is 1.46. The fourth-order valence-electron chi connectivity index (χ4n) is 7.87. The first-order valence-electron chi connectivity index (χ1n) is 11.3. The van der Waals surface area contributed by atoms with Gasteiger partial charge in [-0.05, 0) is 80.5 Å². The standard InChI is InChI=1S/C23H36O4/c1-22-13-4-3-5-15(22)6-7-16-17-8-9-19(23(17,2)14-12-18(16)22)27-21(26)11-10-20(24)25/h15-19H,3-14H2,1-2H3,(H,24,25). The molecule has 152 valence electrons. The molecule has 0 radical (unpaired) electrons.